The summed E-state index contributed by atoms with van der Waals surface area (Å²) in [6.45, 7) is 7.47. The van der Waals surface area contributed by atoms with Crippen molar-refractivity contribution in [3.8, 4) is 6.07 Å². The fourth-order valence-electron chi connectivity index (χ4n) is 2.03. The first-order valence-corrected chi connectivity index (χ1v) is 6.23. The Labute approximate surface area is 99.8 Å². The van der Waals surface area contributed by atoms with Crippen molar-refractivity contribution in [3.05, 3.63) is 0 Å². The van der Waals surface area contributed by atoms with Crippen LogP contribution >= 0.6 is 0 Å². The lowest BCUT2D eigenvalue weighted by Crippen LogP contribution is -2.56. The van der Waals surface area contributed by atoms with Crippen LogP contribution in [0.1, 0.15) is 40.0 Å². The van der Waals surface area contributed by atoms with Crippen LogP contribution in [-0.2, 0) is 0 Å². The second kappa shape index (κ2) is 4.73. The molecule has 0 aromatic heterocycles. The Morgan fingerprint density at radius 2 is 2.00 bits per heavy atom. The molecule has 0 saturated heterocycles. The van der Waals surface area contributed by atoms with E-state index >= 15 is 0 Å². The van der Waals surface area contributed by atoms with Gasteiger partial charge in [0, 0.05) is 12.1 Å². The van der Waals surface area contributed by atoms with E-state index in [1.54, 1.807) is 0 Å². The standard InChI is InChI=1S/C13H25N3/c1-6-12(2,3)16(5)10-13(9-14,15-4)11-7-8-11/h11,15H,6-8,10H2,1-5H3. The number of likely N-dealkylation sites (N-methyl/N-ethyl adjacent to an activating group) is 2. The van der Waals surface area contributed by atoms with Gasteiger partial charge in [0.05, 0.1) is 6.07 Å². The highest BCUT2D eigenvalue weighted by atomic mass is 15.2. The summed E-state index contributed by atoms with van der Waals surface area (Å²) >= 11 is 0. The molecular weight excluding hydrogens is 198 g/mol. The largest absolute Gasteiger partial charge is 0.301 e. The van der Waals surface area contributed by atoms with Gasteiger partial charge in [-0.3, -0.25) is 4.90 Å². The predicted octanol–water partition coefficient (Wildman–Crippen LogP) is 2.00. The van der Waals surface area contributed by atoms with E-state index in [1.807, 2.05) is 7.05 Å². The second-order valence-corrected chi connectivity index (χ2v) is 5.63. The first kappa shape index (κ1) is 13.5. The highest BCUT2D eigenvalue weighted by Gasteiger charge is 2.46. The fraction of sp³-hybridized carbons (Fsp3) is 0.923. The SMILES string of the molecule is CCC(C)(C)N(C)CC(C#N)(NC)C1CC1. The van der Waals surface area contributed by atoms with E-state index in [9.17, 15) is 5.26 Å². The molecule has 0 bridgehead atoms. The van der Waals surface area contributed by atoms with E-state index < -0.39 is 0 Å². The molecule has 0 radical (unpaired) electrons. The summed E-state index contributed by atoms with van der Waals surface area (Å²) in [6.07, 6.45) is 3.48. The average molecular weight is 223 g/mol. The van der Waals surface area contributed by atoms with Crippen LogP contribution < -0.4 is 5.32 Å². The predicted molar refractivity (Wildman–Crippen MR) is 67.1 cm³/mol. The molecule has 3 heteroatoms. The lowest BCUT2D eigenvalue weighted by molar-refractivity contribution is 0.115. The summed E-state index contributed by atoms with van der Waals surface area (Å²) in [5.41, 5.74) is -0.185. The smallest absolute Gasteiger partial charge is 0.122 e. The molecule has 1 atom stereocenters. The molecule has 0 aromatic rings. The third kappa shape index (κ3) is 2.56. The van der Waals surface area contributed by atoms with Gasteiger partial charge in [0.1, 0.15) is 5.54 Å². The number of rotatable bonds is 6. The molecule has 3 nitrogen and oxygen atoms in total. The van der Waals surface area contributed by atoms with Gasteiger partial charge in [0.2, 0.25) is 0 Å². The molecule has 0 heterocycles. The maximum Gasteiger partial charge on any atom is 0.122 e. The monoisotopic (exact) mass is 223 g/mol. The van der Waals surface area contributed by atoms with E-state index in [2.05, 4.69) is 44.1 Å². The Kier molecular flexibility index (Phi) is 3.98. The van der Waals surface area contributed by atoms with Crippen molar-refractivity contribution in [2.45, 2.75) is 51.1 Å². The Hall–Kier alpha value is -0.590. The summed E-state index contributed by atoms with van der Waals surface area (Å²) in [7, 11) is 4.03. The zero-order chi connectivity index (χ0) is 12.4. The number of nitrogens with zero attached hydrogens (tertiary/aromatic N) is 2. The molecule has 0 aromatic carbocycles. The highest BCUT2D eigenvalue weighted by molar-refractivity contribution is 5.16. The van der Waals surface area contributed by atoms with Gasteiger partial charge in [-0.15, -0.1) is 0 Å². The lowest BCUT2D eigenvalue weighted by Gasteiger charge is -2.40. The molecule has 16 heavy (non-hydrogen) atoms. The van der Waals surface area contributed by atoms with E-state index in [0.29, 0.717) is 5.92 Å². The van der Waals surface area contributed by atoms with E-state index in [1.165, 1.54) is 12.8 Å². The minimum Gasteiger partial charge on any atom is -0.301 e. The number of hydrogen-bond donors (Lipinski definition) is 1. The molecule has 92 valence electrons. The van der Waals surface area contributed by atoms with Crippen molar-refractivity contribution in [2.24, 2.45) is 5.92 Å². The maximum absolute atomic E-state index is 9.44. The van der Waals surface area contributed by atoms with Crippen molar-refractivity contribution in [2.75, 3.05) is 20.6 Å². The van der Waals surface area contributed by atoms with Crippen LogP contribution in [0.25, 0.3) is 0 Å². The minimum atomic E-state index is -0.346. The van der Waals surface area contributed by atoms with Crippen LogP contribution in [0.4, 0.5) is 0 Å². The molecule has 0 amide bonds. The zero-order valence-corrected chi connectivity index (χ0v) is 11.3. The quantitative estimate of drug-likeness (QED) is 0.748. The van der Waals surface area contributed by atoms with Gasteiger partial charge in [0.15, 0.2) is 0 Å². The molecule has 0 spiro atoms. The Morgan fingerprint density at radius 3 is 2.31 bits per heavy atom. The normalized spacial score (nSPS) is 20.6. The van der Waals surface area contributed by atoms with Crippen LogP contribution in [-0.4, -0.2) is 36.6 Å². The Balaban J connectivity index is 2.73. The van der Waals surface area contributed by atoms with E-state index in [4.69, 9.17) is 0 Å². The van der Waals surface area contributed by atoms with Crippen molar-refractivity contribution >= 4 is 0 Å². The minimum absolute atomic E-state index is 0.161. The summed E-state index contributed by atoms with van der Waals surface area (Å²) < 4.78 is 0. The molecule has 1 aliphatic rings. The fourth-order valence-corrected chi connectivity index (χ4v) is 2.03. The van der Waals surface area contributed by atoms with Gasteiger partial charge in [-0.05, 0) is 53.1 Å². The van der Waals surface area contributed by atoms with E-state index in [0.717, 1.165) is 13.0 Å². The lowest BCUT2D eigenvalue weighted by atomic mass is 9.91. The van der Waals surface area contributed by atoms with Gasteiger partial charge >= 0.3 is 0 Å². The van der Waals surface area contributed by atoms with Crippen molar-refractivity contribution in [3.63, 3.8) is 0 Å². The highest BCUT2D eigenvalue weighted by Crippen LogP contribution is 2.40. The van der Waals surface area contributed by atoms with Gasteiger partial charge in [-0.2, -0.15) is 5.26 Å². The van der Waals surface area contributed by atoms with Crippen molar-refractivity contribution < 1.29 is 0 Å². The van der Waals surface area contributed by atoms with Gasteiger partial charge < -0.3 is 5.32 Å². The molecule has 1 aliphatic carbocycles. The first-order valence-electron chi connectivity index (χ1n) is 6.23. The molecule has 0 aliphatic heterocycles. The van der Waals surface area contributed by atoms with Crippen LogP contribution in [0.15, 0.2) is 0 Å². The molecular formula is C13H25N3. The van der Waals surface area contributed by atoms with Crippen LogP contribution in [0.3, 0.4) is 0 Å². The van der Waals surface area contributed by atoms with Crippen LogP contribution in [0.5, 0.6) is 0 Å². The zero-order valence-electron chi connectivity index (χ0n) is 11.3. The molecule has 1 rings (SSSR count). The number of nitrogens with one attached hydrogen (secondary N) is 1. The summed E-state index contributed by atoms with van der Waals surface area (Å²) in [6, 6.07) is 2.50. The summed E-state index contributed by atoms with van der Waals surface area (Å²) in [5, 5.41) is 12.7. The number of nitriles is 1. The molecule has 1 saturated carbocycles. The third-order valence-corrected chi connectivity index (χ3v) is 4.31. The third-order valence-electron chi connectivity index (χ3n) is 4.31. The van der Waals surface area contributed by atoms with Gasteiger partial charge in [-0.1, -0.05) is 6.92 Å². The second-order valence-electron chi connectivity index (χ2n) is 5.63. The average Bonchev–Trinajstić information content (AvgIpc) is 3.09. The van der Waals surface area contributed by atoms with Gasteiger partial charge in [-0.25, -0.2) is 0 Å². The van der Waals surface area contributed by atoms with Crippen LogP contribution in [0, 0.1) is 17.2 Å². The maximum atomic E-state index is 9.44. The van der Waals surface area contributed by atoms with Gasteiger partial charge in [0.25, 0.3) is 0 Å². The first-order chi connectivity index (χ1) is 7.41. The Morgan fingerprint density at radius 1 is 1.44 bits per heavy atom. The number of hydrogen-bond acceptors (Lipinski definition) is 3. The molecule has 1 N–H and O–H groups in total. The van der Waals surface area contributed by atoms with Crippen LogP contribution in [0.2, 0.25) is 0 Å². The summed E-state index contributed by atoms with van der Waals surface area (Å²) in [5.74, 6) is 0.539. The van der Waals surface area contributed by atoms with Crippen molar-refractivity contribution in [1.82, 2.24) is 10.2 Å². The topological polar surface area (TPSA) is 39.1 Å². The van der Waals surface area contributed by atoms with Crippen molar-refractivity contribution in [1.29, 1.82) is 5.26 Å². The van der Waals surface area contributed by atoms with E-state index in [-0.39, 0.29) is 11.1 Å². The summed E-state index contributed by atoms with van der Waals surface area (Å²) in [4.78, 5) is 2.31. The molecule has 1 unspecified atom stereocenters. The Bertz CT molecular complexity index is 275. The molecule has 1 fully saturated rings.